The zero-order valence-electron chi connectivity index (χ0n) is 34.5. The third-order valence-corrected chi connectivity index (χ3v) is 10.4. The van der Waals surface area contributed by atoms with E-state index < -0.39 is 79.3 Å². The second-order valence-electron chi connectivity index (χ2n) is 15.0. The number of esters is 3. The molecule has 10 atom stereocenters. The van der Waals surface area contributed by atoms with Crippen molar-refractivity contribution in [3.63, 3.8) is 0 Å². The maximum absolute atomic E-state index is 13.9. The fraction of sp³-hybridized carbons (Fsp3) is 0.327. The minimum Gasteiger partial charge on any atom is -0.457 e. The van der Waals surface area contributed by atoms with Gasteiger partial charge in [-0.3, -0.25) is 4.79 Å². The summed E-state index contributed by atoms with van der Waals surface area (Å²) in [5.74, 6) is -2.39. The predicted octanol–water partition coefficient (Wildman–Crippen LogP) is 5.58. The third kappa shape index (κ3) is 12.4. The van der Waals surface area contributed by atoms with Gasteiger partial charge in [0.15, 0.2) is 30.9 Å². The Balaban J connectivity index is 1.25. The van der Waals surface area contributed by atoms with Gasteiger partial charge in [-0.15, -0.1) is 0 Å². The lowest BCUT2D eigenvalue weighted by molar-refractivity contribution is -0.361. The van der Waals surface area contributed by atoms with Gasteiger partial charge >= 0.3 is 17.9 Å². The molecule has 5 aromatic rings. The first kappa shape index (κ1) is 45.2. The molecule has 0 aromatic heterocycles. The van der Waals surface area contributed by atoms with Crippen LogP contribution in [0, 0.1) is 0 Å². The zero-order valence-corrected chi connectivity index (χ0v) is 34.5. The Kier molecular flexibility index (Phi) is 16.2. The average Bonchev–Trinajstić information content (AvgIpc) is 3.31. The van der Waals surface area contributed by atoms with Crippen molar-refractivity contribution in [2.75, 3.05) is 13.2 Å². The molecule has 2 fully saturated rings. The van der Waals surface area contributed by atoms with Crippen LogP contribution in [-0.4, -0.2) is 103 Å². The molecule has 0 saturated carbocycles. The summed E-state index contributed by atoms with van der Waals surface area (Å²) in [5, 5.41) is 23.7. The minimum absolute atomic E-state index is 0.0301. The SMILES string of the molecule is CC(=O)O[C@@H]1[C@H](O[C@@H]2O[C@H](COCc3ccccc3)[C@@H](O)[C@H](OC(=O)c3ccccc3)[C@H]2OC(=O)c2ccccc2)[C@@H](OCc2ccccc2)[C@H](O)O[C@@H]1COCc1ccccc1. The van der Waals surface area contributed by atoms with Gasteiger partial charge in [-0.2, -0.15) is 0 Å². The van der Waals surface area contributed by atoms with Gasteiger partial charge in [0.2, 0.25) is 0 Å². The molecule has 0 spiro atoms. The molecule has 0 bridgehead atoms. The van der Waals surface area contributed by atoms with Crippen molar-refractivity contribution >= 4 is 17.9 Å². The van der Waals surface area contributed by atoms with Gasteiger partial charge in [-0.25, -0.2) is 9.59 Å². The molecule has 2 saturated heterocycles. The van der Waals surface area contributed by atoms with Crippen molar-refractivity contribution in [1.82, 2.24) is 0 Å². The van der Waals surface area contributed by atoms with Crippen molar-refractivity contribution in [2.24, 2.45) is 0 Å². The number of carbonyl (C=O) groups excluding carboxylic acids is 3. The van der Waals surface area contributed by atoms with Crippen LogP contribution in [0.2, 0.25) is 0 Å². The van der Waals surface area contributed by atoms with Crippen molar-refractivity contribution in [1.29, 1.82) is 0 Å². The number of aliphatic hydroxyl groups excluding tert-OH is 2. The number of benzene rings is 5. The van der Waals surface area contributed by atoms with E-state index in [2.05, 4.69) is 0 Å². The van der Waals surface area contributed by atoms with Crippen LogP contribution in [0.4, 0.5) is 0 Å². The van der Waals surface area contributed by atoms with Crippen LogP contribution in [0.5, 0.6) is 0 Å². The first-order chi connectivity index (χ1) is 30.7. The van der Waals surface area contributed by atoms with Crippen LogP contribution >= 0.6 is 0 Å². The molecule has 5 aromatic carbocycles. The maximum Gasteiger partial charge on any atom is 0.338 e. The first-order valence-corrected chi connectivity index (χ1v) is 20.6. The highest BCUT2D eigenvalue weighted by Gasteiger charge is 2.56. The minimum atomic E-state index is -1.68. The van der Waals surface area contributed by atoms with E-state index in [-0.39, 0.29) is 44.2 Å². The van der Waals surface area contributed by atoms with E-state index in [4.69, 9.17) is 42.6 Å². The third-order valence-electron chi connectivity index (χ3n) is 10.4. The highest BCUT2D eigenvalue weighted by Crippen LogP contribution is 2.35. The number of hydrogen-bond acceptors (Lipinski definition) is 14. The number of ether oxygens (including phenoxy) is 9. The molecule has 0 unspecified atom stereocenters. The second kappa shape index (κ2) is 22.5. The molecule has 7 rings (SSSR count). The van der Waals surface area contributed by atoms with Gasteiger partial charge in [0, 0.05) is 6.92 Å². The van der Waals surface area contributed by atoms with E-state index in [1.807, 2.05) is 91.0 Å². The summed E-state index contributed by atoms with van der Waals surface area (Å²) in [4.78, 5) is 40.5. The van der Waals surface area contributed by atoms with E-state index in [0.29, 0.717) is 0 Å². The molecule has 63 heavy (non-hydrogen) atoms. The summed E-state index contributed by atoms with van der Waals surface area (Å²) in [6.07, 6.45) is -14.7. The van der Waals surface area contributed by atoms with Crippen molar-refractivity contribution in [2.45, 2.75) is 88.2 Å². The van der Waals surface area contributed by atoms with Crippen LogP contribution in [0.15, 0.2) is 152 Å². The highest BCUT2D eigenvalue weighted by atomic mass is 16.8. The maximum atomic E-state index is 13.9. The van der Waals surface area contributed by atoms with Crippen molar-refractivity contribution in [3.8, 4) is 0 Å². The zero-order chi connectivity index (χ0) is 44.0. The van der Waals surface area contributed by atoms with E-state index in [1.165, 1.54) is 31.2 Å². The van der Waals surface area contributed by atoms with Crippen LogP contribution < -0.4 is 0 Å². The number of rotatable bonds is 18. The van der Waals surface area contributed by atoms with Crippen LogP contribution in [0.25, 0.3) is 0 Å². The molecule has 0 aliphatic carbocycles. The largest absolute Gasteiger partial charge is 0.457 e. The van der Waals surface area contributed by atoms with Gasteiger partial charge in [0.05, 0.1) is 44.2 Å². The molecule has 2 aliphatic heterocycles. The first-order valence-electron chi connectivity index (χ1n) is 20.6. The molecule has 0 amide bonds. The summed E-state index contributed by atoms with van der Waals surface area (Å²) >= 11 is 0. The number of carbonyl (C=O) groups is 3. The van der Waals surface area contributed by atoms with Gasteiger partial charge in [0.1, 0.15) is 30.5 Å². The fourth-order valence-corrected chi connectivity index (χ4v) is 7.28. The normalized spacial score (nSPS) is 25.7. The molecule has 14 heteroatoms. The monoisotopic (exact) mass is 862 g/mol. The Bertz CT molecular complexity index is 2160. The predicted molar refractivity (Wildman–Crippen MR) is 224 cm³/mol. The van der Waals surface area contributed by atoms with Crippen LogP contribution in [0.3, 0.4) is 0 Å². The van der Waals surface area contributed by atoms with Gasteiger partial charge < -0.3 is 52.8 Å². The Morgan fingerprint density at radius 1 is 0.492 bits per heavy atom. The quantitative estimate of drug-likeness (QED) is 0.0826. The summed E-state index contributed by atoms with van der Waals surface area (Å²) in [7, 11) is 0. The molecule has 2 heterocycles. The van der Waals surface area contributed by atoms with E-state index >= 15 is 0 Å². The lowest BCUT2D eigenvalue weighted by atomic mass is 9.96. The average molecular weight is 863 g/mol. The van der Waals surface area contributed by atoms with Gasteiger partial charge in [-0.1, -0.05) is 127 Å². The van der Waals surface area contributed by atoms with Crippen molar-refractivity contribution < 1.29 is 67.2 Å². The molecule has 330 valence electrons. The van der Waals surface area contributed by atoms with Crippen molar-refractivity contribution in [3.05, 3.63) is 179 Å². The molecule has 0 radical (unpaired) electrons. The second-order valence-corrected chi connectivity index (χ2v) is 15.0. The summed E-state index contributed by atoms with van der Waals surface area (Å²) in [5.41, 5.74) is 2.76. The number of aliphatic hydroxyl groups is 2. The lowest BCUT2D eigenvalue weighted by Crippen LogP contribution is -2.66. The van der Waals surface area contributed by atoms with E-state index in [0.717, 1.165) is 16.7 Å². The fourth-order valence-electron chi connectivity index (χ4n) is 7.28. The Morgan fingerprint density at radius 2 is 0.937 bits per heavy atom. The van der Waals surface area contributed by atoms with Crippen LogP contribution in [0.1, 0.15) is 44.3 Å². The lowest BCUT2D eigenvalue weighted by Gasteiger charge is -2.48. The molecule has 2 aliphatic rings. The Hall–Kier alpha value is -5.81. The molecular weight excluding hydrogens is 813 g/mol. The summed E-state index contributed by atoms with van der Waals surface area (Å²) in [6, 6.07) is 44.0. The smallest absolute Gasteiger partial charge is 0.338 e. The van der Waals surface area contributed by atoms with Gasteiger partial charge in [0.25, 0.3) is 0 Å². The van der Waals surface area contributed by atoms with E-state index in [9.17, 15) is 24.6 Å². The Labute approximate surface area is 365 Å². The summed E-state index contributed by atoms with van der Waals surface area (Å²) in [6.45, 7) is 1.09. The number of hydrogen-bond donors (Lipinski definition) is 2. The standard InChI is InChI=1S/C49H50O14/c1-32(50)58-41-39(31-56-28-34-19-9-3-10-20-34)59-48(54)44(57-29-35-21-11-4-12-22-35)43(41)63-49-45(62-47(53)37-25-15-6-16-26-37)42(61-46(52)36-23-13-5-14-24-36)40(51)38(60-49)30-55-27-33-17-7-2-8-18-33/h2-26,38-45,48-49,51,54H,27-31H2,1H3/t38-,39-,40-,41+,42+,43+,44-,45-,48-,49+/m1/s1. The topological polar surface area (TPSA) is 175 Å². The van der Waals surface area contributed by atoms with Gasteiger partial charge in [-0.05, 0) is 41.0 Å². The highest BCUT2D eigenvalue weighted by molar-refractivity contribution is 5.90. The molecule has 14 nitrogen and oxygen atoms in total. The summed E-state index contributed by atoms with van der Waals surface area (Å²) < 4.78 is 55.7. The molecule has 2 N–H and O–H groups in total. The molecular formula is C49H50O14. The van der Waals surface area contributed by atoms with Crippen LogP contribution in [-0.2, 0) is 67.2 Å². The van der Waals surface area contributed by atoms with E-state index in [1.54, 1.807) is 36.4 Å². The Morgan fingerprint density at radius 3 is 1.43 bits per heavy atom.